The van der Waals surface area contributed by atoms with Crippen molar-refractivity contribution in [3.8, 4) is 17.2 Å². The number of amides is 1. The zero-order chi connectivity index (χ0) is 22.1. The summed E-state index contributed by atoms with van der Waals surface area (Å²) in [6.07, 6.45) is 0. The smallest absolute Gasteiger partial charge is 0.325 e. The second-order valence-corrected chi connectivity index (χ2v) is 7.11. The van der Waals surface area contributed by atoms with Gasteiger partial charge in [-0.2, -0.15) is 0 Å². The van der Waals surface area contributed by atoms with Gasteiger partial charge in [-0.15, -0.1) is 23.2 Å². The molecular weight excluding hydrogens is 431 g/mol. The summed E-state index contributed by atoms with van der Waals surface area (Å²) in [6, 6.07) is 10.9. The van der Waals surface area contributed by atoms with E-state index in [0.717, 1.165) is 5.69 Å². The van der Waals surface area contributed by atoms with Crippen LogP contribution in [0.5, 0.6) is 17.2 Å². The molecule has 2 aromatic rings. The van der Waals surface area contributed by atoms with E-state index in [1.807, 2.05) is 17.0 Å². The van der Waals surface area contributed by atoms with E-state index in [-0.39, 0.29) is 0 Å². The van der Waals surface area contributed by atoms with Crippen LogP contribution in [0.2, 0.25) is 0 Å². The zero-order valence-corrected chi connectivity index (χ0v) is 18.2. The topological polar surface area (TPSA) is 88.1 Å². The van der Waals surface area contributed by atoms with Gasteiger partial charge in [0, 0.05) is 36.5 Å². The summed E-state index contributed by atoms with van der Waals surface area (Å²) in [6.45, 7) is 2.67. The fourth-order valence-electron chi connectivity index (χ4n) is 2.69. The average Bonchev–Trinajstić information content (AvgIpc) is 2.74. The first kappa shape index (κ1) is 23.6. The maximum Gasteiger partial charge on any atom is 0.325 e. The minimum absolute atomic E-state index is 0.334. The molecule has 0 saturated heterocycles. The molecule has 0 fully saturated rings. The van der Waals surface area contributed by atoms with Crippen molar-refractivity contribution < 1.29 is 24.2 Å². The van der Waals surface area contributed by atoms with Crippen LogP contribution in [0.3, 0.4) is 0 Å². The van der Waals surface area contributed by atoms with Gasteiger partial charge < -0.3 is 24.8 Å². The Kier molecular flexibility index (Phi) is 9.08. The van der Waals surface area contributed by atoms with Gasteiger partial charge in [-0.3, -0.25) is 9.59 Å². The number of halogens is 2. The predicted octanol–water partition coefficient (Wildman–Crippen LogP) is 3.97. The Morgan fingerprint density at radius 1 is 1.07 bits per heavy atom. The Morgan fingerprint density at radius 2 is 1.67 bits per heavy atom. The quantitative estimate of drug-likeness (QED) is 0.499. The van der Waals surface area contributed by atoms with Crippen molar-refractivity contribution in [2.24, 2.45) is 0 Å². The number of hydrogen-bond donors (Lipinski definition) is 2. The van der Waals surface area contributed by atoms with Crippen molar-refractivity contribution in [3.05, 3.63) is 48.0 Å². The fraction of sp³-hybridized carbons (Fsp3) is 0.333. The van der Waals surface area contributed by atoms with E-state index in [0.29, 0.717) is 47.7 Å². The third-order valence-corrected chi connectivity index (χ3v) is 4.61. The van der Waals surface area contributed by atoms with Crippen LogP contribution in [0.25, 0.3) is 0 Å². The summed E-state index contributed by atoms with van der Waals surface area (Å²) < 4.78 is 11.3. The number of aliphatic carboxylic acids is 1. The van der Waals surface area contributed by atoms with Gasteiger partial charge >= 0.3 is 5.97 Å². The summed E-state index contributed by atoms with van der Waals surface area (Å²) in [7, 11) is 1.58. The maximum absolute atomic E-state index is 12.1. The predicted molar refractivity (Wildman–Crippen MR) is 118 cm³/mol. The molecule has 1 amide bonds. The van der Waals surface area contributed by atoms with Crippen molar-refractivity contribution in [1.82, 2.24) is 5.32 Å². The van der Waals surface area contributed by atoms with Crippen molar-refractivity contribution in [1.29, 1.82) is 0 Å². The van der Waals surface area contributed by atoms with Crippen LogP contribution in [0.1, 0.15) is 17.3 Å². The fourth-order valence-corrected chi connectivity index (χ4v) is 3.10. The van der Waals surface area contributed by atoms with Crippen molar-refractivity contribution in [2.45, 2.75) is 13.0 Å². The normalized spacial score (nSPS) is 11.5. The molecule has 0 aliphatic heterocycles. The largest absolute Gasteiger partial charge is 0.494 e. The summed E-state index contributed by atoms with van der Waals surface area (Å²) >= 11 is 11.8. The molecule has 9 heteroatoms. The lowest BCUT2D eigenvalue weighted by Crippen LogP contribution is -2.38. The van der Waals surface area contributed by atoms with E-state index in [1.165, 1.54) is 6.92 Å². The van der Waals surface area contributed by atoms with E-state index >= 15 is 0 Å². The Labute approximate surface area is 185 Å². The third-order valence-electron chi connectivity index (χ3n) is 4.27. The van der Waals surface area contributed by atoms with E-state index in [9.17, 15) is 9.59 Å². The molecule has 1 atom stereocenters. The highest BCUT2D eigenvalue weighted by Gasteiger charge is 2.16. The summed E-state index contributed by atoms with van der Waals surface area (Å²) in [5, 5.41) is 11.3. The van der Waals surface area contributed by atoms with Crippen LogP contribution in [-0.4, -0.2) is 55.0 Å². The first-order valence-electron chi connectivity index (χ1n) is 9.26. The number of nitrogens with one attached hydrogen (secondary N) is 1. The molecule has 0 unspecified atom stereocenters. The number of hydrogen-bond acceptors (Lipinski definition) is 5. The number of carbonyl (C=O) groups is 2. The van der Waals surface area contributed by atoms with E-state index in [4.69, 9.17) is 37.8 Å². The van der Waals surface area contributed by atoms with Gasteiger partial charge in [0.25, 0.3) is 5.91 Å². The molecule has 0 aliphatic rings. The molecule has 0 bridgehead atoms. The molecule has 0 heterocycles. The van der Waals surface area contributed by atoms with Gasteiger partial charge in [0.2, 0.25) is 0 Å². The van der Waals surface area contributed by atoms with Gasteiger partial charge in [0.05, 0.1) is 12.8 Å². The number of benzene rings is 2. The SMILES string of the molecule is COc1cc(Oc2ccc(C(=O)N[C@@H](C)C(=O)O)cc2)ccc1N(CCCl)CCCl. The molecule has 2 aromatic carbocycles. The van der Waals surface area contributed by atoms with Crippen LogP contribution < -0.4 is 19.7 Å². The standard InChI is InChI=1S/C21H24Cl2N2O5/c1-14(21(27)28)24-20(26)15-3-5-16(6-4-15)30-17-7-8-18(19(13-17)29-2)25(11-9-22)12-10-23/h3-8,13-14H,9-12H2,1-2H3,(H,24,26)(H,27,28)/t14-/m0/s1. The van der Waals surface area contributed by atoms with Crippen LogP contribution in [-0.2, 0) is 4.79 Å². The van der Waals surface area contributed by atoms with E-state index < -0.39 is 17.9 Å². The Balaban J connectivity index is 2.12. The van der Waals surface area contributed by atoms with Crippen LogP contribution in [0.15, 0.2) is 42.5 Å². The molecule has 7 nitrogen and oxygen atoms in total. The van der Waals surface area contributed by atoms with Gasteiger partial charge in [0.15, 0.2) is 0 Å². The first-order chi connectivity index (χ1) is 14.4. The highest BCUT2D eigenvalue weighted by molar-refractivity contribution is 6.18. The second-order valence-electron chi connectivity index (χ2n) is 6.36. The van der Waals surface area contributed by atoms with Gasteiger partial charge in [-0.1, -0.05) is 0 Å². The summed E-state index contributed by atoms with van der Waals surface area (Å²) in [4.78, 5) is 25.0. The molecule has 2 rings (SSSR count). The lowest BCUT2D eigenvalue weighted by molar-refractivity contribution is -0.138. The Bertz CT molecular complexity index is 855. The molecule has 0 aliphatic carbocycles. The van der Waals surface area contributed by atoms with E-state index in [2.05, 4.69) is 5.32 Å². The van der Waals surface area contributed by atoms with E-state index in [1.54, 1.807) is 37.4 Å². The number of methoxy groups -OCH3 is 1. The van der Waals surface area contributed by atoms with Gasteiger partial charge in [-0.25, -0.2) is 0 Å². The van der Waals surface area contributed by atoms with Crippen molar-refractivity contribution in [2.75, 3.05) is 36.9 Å². The highest BCUT2D eigenvalue weighted by Crippen LogP contribution is 2.34. The minimum atomic E-state index is -1.10. The minimum Gasteiger partial charge on any atom is -0.494 e. The lowest BCUT2D eigenvalue weighted by atomic mass is 10.2. The number of alkyl halides is 2. The molecule has 0 radical (unpaired) electrons. The molecule has 0 aromatic heterocycles. The number of nitrogens with zero attached hydrogens (tertiary/aromatic N) is 1. The third kappa shape index (κ3) is 6.43. The number of carboxylic acid groups (broad SMARTS) is 1. The Morgan fingerprint density at radius 3 is 2.20 bits per heavy atom. The molecule has 0 spiro atoms. The highest BCUT2D eigenvalue weighted by atomic mass is 35.5. The Hall–Kier alpha value is -2.64. The van der Waals surface area contributed by atoms with Crippen LogP contribution in [0, 0.1) is 0 Å². The molecule has 0 saturated carbocycles. The van der Waals surface area contributed by atoms with Crippen LogP contribution in [0.4, 0.5) is 5.69 Å². The van der Waals surface area contributed by atoms with Crippen molar-refractivity contribution >= 4 is 40.8 Å². The van der Waals surface area contributed by atoms with Gasteiger partial charge in [-0.05, 0) is 43.3 Å². The monoisotopic (exact) mass is 454 g/mol. The zero-order valence-electron chi connectivity index (χ0n) is 16.7. The van der Waals surface area contributed by atoms with Crippen molar-refractivity contribution in [3.63, 3.8) is 0 Å². The summed E-state index contributed by atoms with van der Waals surface area (Å²) in [5.74, 6) is 1.06. The molecule has 30 heavy (non-hydrogen) atoms. The number of rotatable bonds is 11. The van der Waals surface area contributed by atoms with Crippen LogP contribution >= 0.6 is 23.2 Å². The molecule has 162 valence electrons. The molecular formula is C21H24Cl2N2O5. The lowest BCUT2D eigenvalue weighted by Gasteiger charge is -2.25. The number of anilines is 1. The summed E-state index contributed by atoms with van der Waals surface area (Å²) in [5.41, 5.74) is 1.20. The molecule has 2 N–H and O–H groups in total. The average molecular weight is 455 g/mol. The number of carboxylic acids is 1. The van der Waals surface area contributed by atoms with Gasteiger partial charge in [0.1, 0.15) is 23.3 Å². The first-order valence-corrected chi connectivity index (χ1v) is 10.3. The number of carbonyl (C=O) groups excluding carboxylic acids is 1. The second kappa shape index (κ2) is 11.5. The number of ether oxygens (including phenoxy) is 2. The maximum atomic E-state index is 12.1.